The van der Waals surface area contributed by atoms with Gasteiger partial charge in [-0.25, -0.2) is 4.98 Å². The maximum Gasteiger partial charge on any atom is 0.313 e. The zero-order chi connectivity index (χ0) is 13.5. The molecule has 0 bridgehead atoms. The summed E-state index contributed by atoms with van der Waals surface area (Å²) in [4.78, 5) is 20.0. The lowest BCUT2D eigenvalue weighted by Gasteiger charge is -2.14. The Morgan fingerprint density at radius 3 is 2.74 bits per heavy atom. The fraction of sp³-hybridized carbons (Fsp3) is 0.214. The number of carbonyl (C=O) groups excluding carboxylic acids is 1. The molecule has 0 radical (unpaired) electrons. The summed E-state index contributed by atoms with van der Waals surface area (Å²) in [6.07, 6.45) is 4.95. The van der Waals surface area contributed by atoms with Gasteiger partial charge in [-0.2, -0.15) is 0 Å². The third kappa shape index (κ3) is 3.79. The van der Waals surface area contributed by atoms with E-state index in [0.29, 0.717) is 5.75 Å². The molecule has 0 saturated carbocycles. The predicted molar refractivity (Wildman–Crippen MR) is 74.0 cm³/mol. The molecule has 0 aliphatic heterocycles. The van der Waals surface area contributed by atoms with Crippen molar-refractivity contribution >= 4 is 17.7 Å². The molecule has 5 heteroatoms. The normalized spacial score (nSPS) is 11.8. The van der Waals surface area contributed by atoms with Crippen molar-refractivity contribution in [2.45, 2.75) is 10.9 Å². The number of hydrogen-bond acceptors (Lipinski definition) is 5. The number of aromatic nitrogens is 2. The van der Waals surface area contributed by atoms with Crippen molar-refractivity contribution in [3.05, 3.63) is 54.5 Å². The number of methoxy groups -OCH3 is 1. The lowest BCUT2D eigenvalue weighted by atomic mass is 10.0. The summed E-state index contributed by atoms with van der Waals surface area (Å²) in [6, 6.07) is 9.61. The van der Waals surface area contributed by atoms with E-state index in [1.54, 1.807) is 18.6 Å². The van der Waals surface area contributed by atoms with E-state index in [4.69, 9.17) is 4.74 Å². The van der Waals surface area contributed by atoms with Gasteiger partial charge in [0.1, 0.15) is 5.03 Å². The second kappa shape index (κ2) is 6.89. The minimum atomic E-state index is -0.293. The van der Waals surface area contributed by atoms with Gasteiger partial charge in [-0.1, -0.05) is 30.3 Å². The molecule has 1 unspecified atom stereocenters. The van der Waals surface area contributed by atoms with E-state index in [-0.39, 0.29) is 11.9 Å². The minimum Gasteiger partial charge on any atom is -0.469 e. The van der Waals surface area contributed by atoms with Crippen LogP contribution in [0.2, 0.25) is 0 Å². The van der Waals surface area contributed by atoms with Gasteiger partial charge in [-0.3, -0.25) is 9.78 Å². The monoisotopic (exact) mass is 274 g/mol. The van der Waals surface area contributed by atoms with Crippen LogP contribution in [0.3, 0.4) is 0 Å². The van der Waals surface area contributed by atoms with Gasteiger partial charge in [0.15, 0.2) is 0 Å². The lowest BCUT2D eigenvalue weighted by molar-refractivity contribution is -0.141. The second-order valence-corrected chi connectivity index (χ2v) is 4.88. The van der Waals surface area contributed by atoms with E-state index in [0.717, 1.165) is 10.6 Å². The number of benzene rings is 1. The van der Waals surface area contributed by atoms with E-state index < -0.39 is 0 Å². The minimum absolute atomic E-state index is 0.234. The van der Waals surface area contributed by atoms with Crippen molar-refractivity contribution in [3.63, 3.8) is 0 Å². The van der Waals surface area contributed by atoms with Gasteiger partial charge in [-0.05, 0) is 5.56 Å². The summed E-state index contributed by atoms with van der Waals surface area (Å²) in [5.74, 6) is 0.0517. The molecule has 2 aromatic rings. The largest absolute Gasteiger partial charge is 0.469 e. The van der Waals surface area contributed by atoms with Crippen LogP contribution >= 0.6 is 11.8 Å². The van der Waals surface area contributed by atoms with Crippen LogP contribution in [0, 0.1) is 0 Å². The first-order valence-corrected chi connectivity index (χ1v) is 6.81. The van der Waals surface area contributed by atoms with Gasteiger partial charge >= 0.3 is 5.97 Å². The van der Waals surface area contributed by atoms with E-state index in [1.807, 2.05) is 30.3 Å². The first-order chi connectivity index (χ1) is 9.31. The average molecular weight is 274 g/mol. The van der Waals surface area contributed by atoms with Gasteiger partial charge in [0.25, 0.3) is 0 Å². The molecule has 98 valence electrons. The van der Waals surface area contributed by atoms with Crippen LogP contribution in [0.1, 0.15) is 11.5 Å². The molecular formula is C14H14N2O2S. The summed E-state index contributed by atoms with van der Waals surface area (Å²) >= 11 is 1.49. The highest BCUT2D eigenvalue weighted by molar-refractivity contribution is 7.99. The molecule has 0 spiro atoms. The molecular weight excluding hydrogens is 260 g/mol. The standard InChI is InChI=1S/C14H14N2O2S/c1-18-14(17)12(11-5-3-2-4-6-11)10-19-13-9-15-7-8-16-13/h2-9,12H,10H2,1H3. The van der Waals surface area contributed by atoms with Crippen molar-refractivity contribution in [1.29, 1.82) is 0 Å². The number of esters is 1. The molecule has 1 aromatic carbocycles. The molecule has 1 aromatic heterocycles. The highest BCUT2D eigenvalue weighted by atomic mass is 32.2. The van der Waals surface area contributed by atoms with Gasteiger partial charge in [0, 0.05) is 18.1 Å². The Balaban J connectivity index is 2.09. The number of rotatable bonds is 5. The van der Waals surface area contributed by atoms with E-state index in [2.05, 4.69) is 9.97 Å². The Bertz CT molecular complexity index is 519. The quantitative estimate of drug-likeness (QED) is 0.619. The van der Waals surface area contributed by atoms with Crippen molar-refractivity contribution in [1.82, 2.24) is 9.97 Å². The highest BCUT2D eigenvalue weighted by Gasteiger charge is 2.21. The Morgan fingerprint density at radius 2 is 2.11 bits per heavy atom. The number of ether oxygens (including phenoxy) is 1. The Morgan fingerprint density at radius 1 is 1.32 bits per heavy atom. The molecule has 1 atom stereocenters. The second-order valence-electron chi connectivity index (χ2n) is 3.84. The molecule has 0 saturated heterocycles. The van der Waals surface area contributed by atoms with E-state index in [9.17, 15) is 4.79 Å². The molecule has 2 rings (SSSR count). The number of carbonyl (C=O) groups is 1. The van der Waals surface area contributed by atoms with Crippen molar-refractivity contribution in [3.8, 4) is 0 Å². The maximum atomic E-state index is 11.9. The number of thioether (sulfide) groups is 1. The summed E-state index contributed by atoms with van der Waals surface area (Å²) in [5, 5.41) is 0.798. The maximum absolute atomic E-state index is 11.9. The SMILES string of the molecule is COC(=O)C(CSc1cnccn1)c1ccccc1. The fourth-order valence-electron chi connectivity index (χ4n) is 1.66. The zero-order valence-electron chi connectivity index (χ0n) is 10.5. The highest BCUT2D eigenvalue weighted by Crippen LogP contribution is 2.25. The van der Waals surface area contributed by atoms with Crippen molar-refractivity contribution < 1.29 is 9.53 Å². The average Bonchev–Trinajstić information content (AvgIpc) is 2.49. The van der Waals surface area contributed by atoms with Gasteiger partial charge in [0.05, 0.1) is 19.2 Å². The van der Waals surface area contributed by atoms with Gasteiger partial charge in [-0.15, -0.1) is 11.8 Å². The molecule has 0 aliphatic carbocycles. The number of nitrogens with zero attached hydrogens (tertiary/aromatic N) is 2. The summed E-state index contributed by atoms with van der Waals surface area (Å²) in [5.41, 5.74) is 0.950. The predicted octanol–water partition coefficient (Wildman–Crippen LogP) is 2.53. The van der Waals surface area contributed by atoms with Gasteiger partial charge < -0.3 is 4.74 Å². The summed E-state index contributed by atoms with van der Waals surface area (Å²) < 4.78 is 4.87. The van der Waals surface area contributed by atoms with Crippen LogP contribution in [0.25, 0.3) is 0 Å². The Labute approximate surface area is 116 Å². The van der Waals surface area contributed by atoms with Crippen molar-refractivity contribution in [2.24, 2.45) is 0 Å². The van der Waals surface area contributed by atoms with Crippen LogP contribution in [0.4, 0.5) is 0 Å². The summed E-state index contributed by atoms with van der Waals surface area (Å²) in [6.45, 7) is 0. The molecule has 0 amide bonds. The number of hydrogen-bond donors (Lipinski definition) is 0. The molecule has 0 fully saturated rings. The smallest absolute Gasteiger partial charge is 0.313 e. The van der Waals surface area contributed by atoms with Crippen LogP contribution in [-0.2, 0) is 9.53 Å². The van der Waals surface area contributed by atoms with Crippen LogP contribution < -0.4 is 0 Å². The molecule has 0 aliphatic rings. The van der Waals surface area contributed by atoms with E-state index in [1.165, 1.54) is 18.9 Å². The van der Waals surface area contributed by atoms with E-state index >= 15 is 0 Å². The molecule has 19 heavy (non-hydrogen) atoms. The van der Waals surface area contributed by atoms with Crippen LogP contribution in [0.5, 0.6) is 0 Å². The molecule has 1 heterocycles. The molecule has 0 N–H and O–H groups in total. The first-order valence-electron chi connectivity index (χ1n) is 5.83. The first kappa shape index (κ1) is 13.5. The summed E-state index contributed by atoms with van der Waals surface area (Å²) in [7, 11) is 1.41. The third-order valence-electron chi connectivity index (χ3n) is 2.63. The lowest BCUT2D eigenvalue weighted by Crippen LogP contribution is -2.16. The topological polar surface area (TPSA) is 52.1 Å². The van der Waals surface area contributed by atoms with Crippen molar-refractivity contribution in [2.75, 3.05) is 12.9 Å². The fourth-order valence-corrected chi connectivity index (χ4v) is 2.59. The van der Waals surface area contributed by atoms with Crippen LogP contribution in [0.15, 0.2) is 53.9 Å². The zero-order valence-corrected chi connectivity index (χ0v) is 11.3. The Kier molecular flexibility index (Phi) is 4.92. The van der Waals surface area contributed by atoms with Gasteiger partial charge in [0.2, 0.25) is 0 Å². The Hall–Kier alpha value is -1.88. The van der Waals surface area contributed by atoms with Crippen LogP contribution in [-0.4, -0.2) is 28.8 Å². The molecule has 4 nitrogen and oxygen atoms in total. The third-order valence-corrected chi connectivity index (χ3v) is 3.63.